The fourth-order valence-electron chi connectivity index (χ4n) is 4.70. The number of amides is 2. The van der Waals surface area contributed by atoms with Crippen molar-refractivity contribution < 1.29 is 33.5 Å². The lowest BCUT2D eigenvalue weighted by molar-refractivity contribution is -0.154. The predicted molar refractivity (Wildman–Crippen MR) is 169 cm³/mol. The monoisotopic (exact) mass is 647 g/mol. The standard InChI is InChI=1S/C31H29N5O7S2/c1-3-18-16-44-29-24(34-27(38)23(21-17-45-31(32)33-21)35-42-15-22(37)41-4-2)28(39)36(29)25(18)30(40)43-26(19-11-7-5-8-12-19)20-13-9-6-10-14-20/h3,5-14,17,24,26,29H,1,4,15-16H2,2H3,(H2,32,33)(H,34,38)/t24?,29-/m1/s1. The van der Waals surface area contributed by atoms with E-state index in [0.717, 1.165) is 22.5 Å². The fourth-order valence-corrected chi connectivity index (χ4v) is 6.59. The van der Waals surface area contributed by atoms with Crippen molar-refractivity contribution in [1.29, 1.82) is 0 Å². The van der Waals surface area contributed by atoms with Gasteiger partial charge in [0, 0.05) is 11.1 Å². The first kappa shape index (κ1) is 31.5. The quantitative estimate of drug-likeness (QED) is 0.129. The van der Waals surface area contributed by atoms with E-state index in [1.807, 2.05) is 60.7 Å². The minimum absolute atomic E-state index is 0.0695. The number of β-lactam (4-membered cyclic amide) rings is 1. The van der Waals surface area contributed by atoms with Crippen molar-refractivity contribution in [2.75, 3.05) is 24.7 Å². The molecule has 2 aliphatic rings. The molecule has 2 atom stereocenters. The highest BCUT2D eigenvalue weighted by Gasteiger charge is 2.54. The first-order valence-electron chi connectivity index (χ1n) is 13.8. The highest BCUT2D eigenvalue weighted by molar-refractivity contribution is 8.00. The Morgan fingerprint density at radius 2 is 1.82 bits per heavy atom. The van der Waals surface area contributed by atoms with E-state index in [9.17, 15) is 19.2 Å². The number of nitrogens with one attached hydrogen (secondary N) is 1. The number of oxime groups is 1. The van der Waals surface area contributed by atoms with Gasteiger partial charge in [-0.2, -0.15) is 0 Å². The van der Waals surface area contributed by atoms with Gasteiger partial charge in [0.05, 0.1) is 6.61 Å². The van der Waals surface area contributed by atoms with Gasteiger partial charge in [0.15, 0.2) is 16.9 Å². The van der Waals surface area contributed by atoms with E-state index in [-0.39, 0.29) is 28.8 Å². The van der Waals surface area contributed by atoms with Crippen molar-refractivity contribution in [1.82, 2.24) is 15.2 Å². The average molecular weight is 648 g/mol. The lowest BCUT2D eigenvalue weighted by atomic mass is 10.0. The Balaban J connectivity index is 1.35. The van der Waals surface area contributed by atoms with Crippen molar-refractivity contribution in [2.24, 2.45) is 5.16 Å². The molecule has 3 heterocycles. The SMILES string of the molecule is C=CC1=C(C(=O)OC(c2ccccc2)c2ccccc2)N2C(=O)C(NC(=O)C(=NOCC(=O)OCC)c3csc(N)n3)[C@H]2SC1. The van der Waals surface area contributed by atoms with Gasteiger partial charge in [-0.1, -0.05) is 78.5 Å². The van der Waals surface area contributed by atoms with Crippen LogP contribution in [-0.2, 0) is 33.5 Å². The number of rotatable bonds is 12. The molecule has 45 heavy (non-hydrogen) atoms. The number of aromatic nitrogens is 1. The molecule has 0 radical (unpaired) electrons. The topological polar surface area (TPSA) is 163 Å². The van der Waals surface area contributed by atoms with Gasteiger partial charge >= 0.3 is 11.9 Å². The van der Waals surface area contributed by atoms with Crippen molar-refractivity contribution in [3.05, 3.63) is 107 Å². The van der Waals surface area contributed by atoms with Crippen molar-refractivity contribution >= 4 is 57.7 Å². The summed E-state index contributed by atoms with van der Waals surface area (Å²) in [5, 5.41) is 7.52. The lowest BCUT2D eigenvalue weighted by Gasteiger charge is -2.49. The molecule has 3 N–H and O–H groups in total. The number of nitrogens with zero attached hydrogens (tertiary/aromatic N) is 3. The van der Waals surface area contributed by atoms with Crippen LogP contribution in [0.4, 0.5) is 5.13 Å². The Labute approximate surface area is 266 Å². The Hall–Kier alpha value is -4.95. The first-order chi connectivity index (χ1) is 21.8. The molecule has 0 spiro atoms. The summed E-state index contributed by atoms with van der Waals surface area (Å²) in [6, 6.07) is 17.6. The number of fused-ring (bicyclic) bond motifs is 1. The molecule has 2 aromatic carbocycles. The van der Waals surface area contributed by atoms with E-state index in [1.165, 1.54) is 28.1 Å². The van der Waals surface area contributed by atoms with Crippen LogP contribution in [0.5, 0.6) is 0 Å². The Morgan fingerprint density at radius 3 is 2.40 bits per heavy atom. The minimum atomic E-state index is -0.998. The van der Waals surface area contributed by atoms with Crippen LogP contribution in [0.2, 0.25) is 0 Å². The zero-order valence-corrected chi connectivity index (χ0v) is 25.7. The van der Waals surface area contributed by atoms with Crippen LogP contribution in [0.3, 0.4) is 0 Å². The molecule has 0 aliphatic carbocycles. The van der Waals surface area contributed by atoms with E-state index in [0.29, 0.717) is 11.3 Å². The highest BCUT2D eigenvalue weighted by Crippen LogP contribution is 2.42. The molecule has 0 saturated carbocycles. The molecule has 2 aliphatic heterocycles. The number of thiazole rings is 1. The van der Waals surface area contributed by atoms with Crippen molar-refractivity contribution in [3.63, 3.8) is 0 Å². The van der Waals surface area contributed by atoms with Crippen LogP contribution in [-0.4, -0.2) is 69.7 Å². The number of nitrogens with two attached hydrogens (primary N) is 1. The molecule has 2 amide bonds. The predicted octanol–water partition coefficient (Wildman–Crippen LogP) is 3.18. The summed E-state index contributed by atoms with van der Waals surface area (Å²) >= 11 is 2.43. The number of anilines is 1. The normalized spacial score (nSPS) is 17.7. The molecule has 12 nitrogen and oxygen atoms in total. The summed E-state index contributed by atoms with van der Waals surface area (Å²) < 4.78 is 10.9. The van der Waals surface area contributed by atoms with Crippen molar-refractivity contribution in [2.45, 2.75) is 24.4 Å². The second-order valence-corrected chi connectivity index (χ2v) is 11.6. The fraction of sp³-hybridized carbons (Fsp3) is 0.226. The van der Waals surface area contributed by atoms with E-state index in [2.05, 4.69) is 22.0 Å². The van der Waals surface area contributed by atoms with Gasteiger partial charge in [-0.05, 0) is 23.6 Å². The van der Waals surface area contributed by atoms with Crippen LogP contribution < -0.4 is 11.1 Å². The molecule has 1 unspecified atom stereocenters. The number of esters is 2. The third kappa shape index (κ3) is 6.91. The van der Waals surface area contributed by atoms with Gasteiger partial charge < -0.3 is 25.4 Å². The Morgan fingerprint density at radius 1 is 1.16 bits per heavy atom. The van der Waals surface area contributed by atoms with Gasteiger partial charge in [0.1, 0.15) is 22.8 Å². The lowest BCUT2D eigenvalue weighted by Crippen LogP contribution is -2.71. The van der Waals surface area contributed by atoms with Gasteiger partial charge in [-0.15, -0.1) is 23.1 Å². The van der Waals surface area contributed by atoms with Crippen LogP contribution in [0.25, 0.3) is 0 Å². The molecule has 3 aromatic rings. The summed E-state index contributed by atoms with van der Waals surface area (Å²) in [5.74, 6) is -2.32. The van der Waals surface area contributed by atoms with Crippen LogP contribution in [0.1, 0.15) is 29.8 Å². The van der Waals surface area contributed by atoms with E-state index in [4.69, 9.17) is 20.0 Å². The maximum absolute atomic E-state index is 13.8. The summed E-state index contributed by atoms with van der Waals surface area (Å²) in [4.78, 5) is 62.8. The molecule has 1 saturated heterocycles. The number of allylic oxidation sites excluding steroid dienone is 1. The zero-order valence-electron chi connectivity index (χ0n) is 24.1. The largest absolute Gasteiger partial charge is 0.463 e. The van der Waals surface area contributed by atoms with Crippen molar-refractivity contribution in [3.8, 4) is 0 Å². The van der Waals surface area contributed by atoms with Crippen LogP contribution in [0.15, 0.2) is 95.1 Å². The van der Waals surface area contributed by atoms with Gasteiger partial charge in [0.2, 0.25) is 6.61 Å². The Kier molecular flexibility index (Phi) is 9.95. The maximum atomic E-state index is 13.8. The minimum Gasteiger partial charge on any atom is -0.463 e. The summed E-state index contributed by atoms with van der Waals surface area (Å²) in [6.07, 6.45) is 0.800. The third-order valence-electron chi connectivity index (χ3n) is 6.78. The molecule has 232 valence electrons. The number of thioether (sulfide) groups is 1. The molecular formula is C31H29N5O7S2. The van der Waals surface area contributed by atoms with Gasteiger partial charge in [-0.3, -0.25) is 14.5 Å². The number of benzene rings is 2. The molecule has 5 rings (SSSR count). The third-order valence-corrected chi connectivity index (χ3v) is 8.75. The molecule has 1 fully saturated rings. The first-order valence-corrected chi connectivity index (χ1v) is 15.7. The van der Waals surface area contributed by atoms with Crippen LogP contribution >= 0.6 is 23.1 Å². The zero-order chi connectivity index (χ0) is 31.9. The summed E-state index contributed by atoms with van der Waals surface area (Å²) in [6.45, 7) is 5.09. The molecule has 1 aromatic heterocycles. The summed E-state index contributed by atoms with van der Waals surface area (Å²) in [7, 11) is 0. The second-order valence-electron chi connectivity index (χ2n) is 9.63. The van der Waals surface area contributed by atoms with Crippen LogP contribution in [0, 0.1) is 0 Å². The second kappa shape index (κ2) is 14.2. The number of carbonyl (C=O) groups excluding carboxylic acids is 4. The van der Waals surface area contributed by atoms with Gasteiger partial charge in [-0.25, -0.2) is 14.6 Å². The van der Waals surface area contributed by atoms with E-state index < -0.39 is 47.9 Å². The number of hydrogen-bond donors (Lipinski definition) is 2. The summed E-state index contributed by atoms with van der Waals surface area (Å²) in [5.41, 5.74) is 7.69. The molecule has 0 bridgehead atoms. The number of hydrogen-bond acceptors (Lipinski definition) is 12. The number of nitrogen functional groups attached to an aromatic ring is 1. The maximum Gasteiger partial charge on any atom is 0.356 e. The average Bonchev–Trinajstić information content (AvgIpc) is 3.49. The van der Waals surface area contributed by atoms with E-state index in [1.54, 1.807) is 6.92 Å². The van der Waals surface area contributed by atoms with Gasteiger partial charge in [0.25, 0.3) is 11.8 Å². The smallest absolute Gasteiger partial charge is 0.356 e. The van der Waals surface area contributed by atoms with E-state index >= 15 is 0 Å². The number of ether oxygens (including phenoxy) is 2. The Bertz CT molecular complexity index is 1620. The highest BCUT2D eigenvalue weighted by atomic mass is 32.2. The number of carbonyl (C=O) groups is 4. The molecular weight excluding hydrogens is 619 g/mol. The molecule has 14 heteroatoms.